The van der Waals surface area contributed by atoms with E-state index in [1.807, 2.05) is 6.92 Å². The number of methoxy groups -OCH3 is 1. The number of primary amides is 1. The molecule has 2 amide bonds. The minimum Gasteiger partial charge on any atom is -0.493 e. The zero-order chi connectivity index (χ0) is 15.7. The molecule has 1 aromatic carbocycles. The van der Waals surface area contributed by atoms with E-state index in [1.165, 1.54) is 7.11 Å². The molecule has 0 spiro atoms. The maximum absolute atomic E-state index is 11.9. The van der Waals surface area contributed by atoms with Crippen LogP contribution in [0.2, 0.25) is 0 Å². The van der Waals surface area contributed by atoms with Crippen molar-refractivity contribution in [1.82, 2.24) is 10.6 Å². The van der Waals surface area contributed by atoms with Crippen LogP contribution in [0.3, 0.4) is 0 Å². The first-order valence-electron chi connectivity index (χ1n) is 6.66. The van der Waals surface area contributed by atoms with Crippen molar-refractivity contribution in [3.8, 4) is 11.5 Å². The summed E-state index contributed by atoms with van der Waals surface area (Å²) in [6, 6.07) is 4.72. The summed E-state index contributed by atoms with van der Waals surface area (Å²) in [5.74, 6) is -0.0500. The first kappa shape index (κ1) is 20.0. The second-order valence-corrected chi connectivity index (χ2v) is 4.23. The van der Waals surface area contributed by atoms with Crippen molar-refractivity contribution in [2.45, 2.75) is 6.92 Å². The van der Waals surface area contributed by atoms with E-state index in [9.17, 15) is 9.59 Å². The summed E-state index contributed by atoms with van der Waals surface area (Å²) >= 11 is 0. The molecule has 0 fully saturated rings. The number of benzene rings is 1. The lowest BCUT2D eigenvalue weighted by molar-refractivity contribution is -0.119. The van der Waals surface area contributed by atoms with Crippen LogP contribution in [0.5, 0.6) is 11.5 Å². The summed E-state index contributed by atoms with van der Waals surface area (Å²) in [6.07, 6.45) is 0. The quantitative estimate of drug-likeness (QED) is 0.565. The molecular formula is C14H22ClN3O4. The fraction of sp³-hybridized carbons (Fsp3) is 0.429. The van der Waals surface area contributed by atoms with Crippen LogP contribution in [-0.2, 0) is 4.79 Å². The van der Waals surface area contributed by atoms with Crippen molar-refractivity contribution < 1.29 is 19.1 Å². The largest absolute Gasteiger partial charge is 0.493 e. The number of hydrogen-bond acceptors (Lipinski definition) is 5. The van der Waals surface area contributed by atoms with Crippen LogP contribution in [-0.4, -0.2) is 45.2 Å². The van der Waals surface area contributed by atoms with Crippen molar-refractivity contribution >= 4 is 24.2 Å². The van der Waals surface area contributed by atoms with Crippen molar-refractivity contribution in [2.75, 3.05) is 33.4 Å². The zero-order valence-electron chi connectivity index (χ0n) is 12.7. The Hall–Kier alpha value is -1.99. The van der Waals surface area contributed by atoms with Gasteiger partial charge in [0.1, 0.15) is 0 Å². The number of nitrogens with two attached hydrogens (primary N) is 1. The molecule has 0 aliphatic carbocycles. The molecule has 0 saturated heterocycles. The van der Waals surface area contributed by atoms with E-state index in [1.54, 1.807) is 18.2 Å². The highest BCUT2D eigenvalue weighted by atomic mass is 35.5. The van der Waals surface area contributed by atoms with Crippen LogP contribution in [0.25, 0.3) is 0 Å². The van der Waals surface area contributed by atoms with Gasteiger partial charge in [-0.3, -0.25) is 9.59 Å². The number of carbonyl (C=O) groups is 2. The molecule has 1 aromatic rings. The number of ether oxygens (including phenoxy) is 2. The van der Waals surface area contributed by atoms with Crippen LogP contribution in [0.4, 0.5) is 0 Å². The van der Waals surface area contributed by atoms with E-state index >= 15 is 0 Å². The van der Waals surface area contributed by atoms with E-state index < -0.39 is 5.91 Å². The van der Waals surface area contributed by atoms with Gasteiger partial charge in [0.05, 0.1) is 7.11 Å². The predicted octanol–water partition coefficient (Wildman–Crippen LogP) is 0.320. The topological polar surface area (TPSA) is 103 Å². The highest BCUT2D eigenvalue weighted by Gasteiger charge is 2.11. The summed E-state index contributed by atoms with van der Waals surface area (Å²) in [6.45, 7) is 3.85. The summed E-state index contributed by atoms with van der Waals surface area (Å²) in [5.41, 5.74) is 5.47. The van der Waals surface area contributed by atoms with Gasteiger partial charge in [-0.2, -0.15) is 0 Å². The predicted molar refractivity (Wildman–Crippen MR) is 85.8 cm³/mol. The standard InChI is InChI=1S/C14H21N3O4.ClH/c1-3-16-6-7-17-14(19)10-4-5-11(12(8-10)20-2)21-9-13(15)18;/h4-5,8,16H,3,6-7,9H2,1-2H3,(H2,15,18)(H,17,19);1H. The smallest absolute Gasteiger partial charge is 0.255 e. The van der Waals surface area contributed by atoms with Crippen molar-refractivity contribution in [3.05, 3.63) is 23.8 Å². The van der Waals surface area contributed by atoms with Crippen molar-refractivity contribution in [2.24, 2.45) is 5.73 Å². The second kappa shape index (κ2) is 10.7. The molecule has 0 atom stereocenters. The Balaban J connectivity index is 0.00000441. The Morgan fingerprint density at radius 2 is 1.95 bits per heavy atom. The second-order valence-electron chi connectivity index (χ2n) is 4.23. The third kappa shape index (κ3) is 6.64. The Morgan fingerprint density at radius 1 is 1.23 bits per heavy atom. The van der Waals surface area contributed by atoms with Crippen LogP contribution in [0.15, 0.2) is 18.2 Å². The third-order valence-corrected chi connectivity index (χ3v) is 2.63. The average Bonchev–Trinajstić information content (AvgIpc) is 2.49. The van der Waals surface area contributed by atoms with E-state index in [0.717, 1.165) is 6.54 Å². The highest BCUT2D eigenvalue weighted by Crippen LogP contribution is 2.27. The lowest BCUT2D eigenvalue weighted by Gasteiger charge is -2.11. The lowest BCUT2D eigenvalue weighted by Crippen LogP contribution is -2.31. The fourth-order valence-corrected chi connectivity index (χ4v) is 1.62. The normalized spacial score (nSPS) is 9.55. The first-order valence-corrected chi connectivity index (χ1v) is 6.66. The molecule has 0 aromatic heterocycles. The number of halogens is 1. The number of likely N-dealkylation sites (N-methyl/N-ethyl adjacent to an activating group) is 1. The maximum Gasteiger partial charge on any atom is 0.255 e. The lowest BCUT2D eigenvalue weighted by atomic mass is 10.2. The minimum absolute atomic E-state index is 0. The molecule has 4 N–H and O–H groups in total. The number of carbonyl (C=O) groups excluding carboxylic acids is 2. The molecule has 0 bridgehead atoms. The van der Waals surface area contributed by atoms with E-state index in [-0.39, 0.29) is 24.9 Å². The molecular weight excluding hydrogens is 310 g/mol. The van der Waals surface area contributed by atoms with Crippen LogP contribution in [0.1, 0.15) is 17.3 Å². The molecule has 0 aliphatic heterocycles. The van der Waals surface area contributed by atoms with E-state index in [0.29, 0.717) is 30.2 Å². The Labute approximate surface area is 135 Å². The monoisotopic (exact) mass is 331 g/mol. The summed E-state index contributed by atoms with van der Waals surface area (Å²) in [5, 5.41) is 5.89. The SMILES string of the molecule is CCNCCNC(=O)c1ccc(OCC(N)=O)c(OC)c1.Cl. The molecule has 0 aliphatic rings. The molecule has 0 heterocycles. The molecule has 0 radical (unpaired) electrons. The molecule has 7 nitrogen and oxygen atoms in total. The first-order chi connectivity index (χ1) is 10.1. The Bertz CT molecular complexity index is 497. The van der Waals surface area contributed by atoms with Gasteiger partial charge in [-0.25, -0.2) is 0 Å². The van der Waals surface area contributed by atoms with Gasteiger partial charge >= 0.3 is 0 Å². The van der Waals surface area contributed by atoms with E-state index in [2.05, 4.69) is 10.6 Å². The number of hydrogen-bond donors (Lipinski definition) is 3. The summed E-state index contributed by atoms with van der Waals surface area (Å²) in [4.78, 5) is 22.6. The maximum atomic E-state index is 11.9. The molecule has 8 heteroatoms. The van der Waals surface area contributed by atoms with Crippen LogP contribution in [0, 0.1) is 0 Å². The fourth-order valence-electron chi connectivity index (χ4n) is 1.62. The number of nitrogens with one attached hydrogen (secondary N) is 2. The van der Waals surface area contributed by atoms with Gasteiger partial charge in [-0.15, -0.1) is 12.4 Å². The van der Waals surface area contributed by atoms with Gasteiger partial charge in [0, 0.05) is 18.7 Å². The minimum atomic E-state index is -0.581. The number of amides is 2. The number of rotatable bonds is 9. The van der Waals surface area contributed by atoms with Gasteiger partial charge in [0.15, 0.2) is 18.1 Å². The Morgan fingerprint density at radius 3 is 2.55 bits per heavy atom. The van der Waals surface area contributed by atoms with Crippen molar-refractivity contribution in [1.29, 1.82) is 0 Å². The van der Waals surface area contributed by atoms with Gasteiger partial charge in [0.25, 0.3) is 11.8 Å². The molecule has 0 unspecified atom stereocenters. The molecule has 124 valence electrons. The van der Waals surface area contributed by atoms with E-state index in [4.69, 9.17) is 15.2 Å². The third-order valence-electron chi connectivity index (χ3n) is 2.63. The zero-order valence-corrected chi connectivity index (χ0v) is 13.5. The Kier molecular flexibility index (Phi) is 9.73. The summed E-state index contributed by atoms with van der Waals surface area (Å²) in [7, 11) is 1.46. The van der Waals surface area contributed by atoms with Gasteiger partial charge in [-0.1, -0.05) is 6.92 Å². The van der Waals surface area contributed by atoms with Gasteiger partial charge in [0.2, 0.25) is 0 Å². The van der Waals surface area contributed by atoms with Gasteiger partial charge < -0.3 is 25.8 Å². The van der Waals surface area contributed by atoms with Gasteiger partial charge in [-0.05, 0) is 24.7 Å². The molecule has 22 heavy (non-hydrogen) atoms. The molecule has 0 saturated carbocycles. The molecule has 1 rings (SSSR count). The highest BCUT2D eigenvalue weighted by molar-refractivity contribution is 5.94. The summed E-state index contributed by atoms with van der Waals surface area (Å²) < 4.78 is 10.3. The van der Waals surface area contributed by atoms with Crippen LogP contribution >= 0.6 is 12.4 Å². The van der Waals surface area contributed by atoms with Crippen molar-refractivity contribution in [3.63, 3.8) is 0 Å². The average molecular weight is 332 g/mol. The van der Waals surface area contributed by atoms with Crippen LogP contribution < -0.4 is 25.8 Å².